The second-order valence-electron chi connectivity index (χ2n) is 7.33. The average molecular weight is 642 g/mol. The van der Waals surface area contributed by atoms with E-state index in [9.17, 15) is 68.7 Å². The molecule has 0 aromatic rings. The fraction of sp³-hybridized carbons (Fsp3) is 0.500. The monoisotopic (exact) mass is 642 g/mol. The van der Waals surface area contributed by atoms with Gasteiger partial charge in [-0.15, -0.1) is 0 Å². The van der Waals surface area contributed by atoms with Crippen molar-refractivity contribution in [3.05, 3.63) is 0 Å². The van der Waals surface area contributed by atoms with Crippen molar-refractivity contribution in [3.8, 4) is 0 Å². The van der Waals surface area contributed by atoms with Gasteiger partial charge in [0.15, 0.2) is 11.2 Å². The normalized spacial score (nSPS) is 10.3. The molecule has 0 aliphatic heterocycles. The van der Waals surface area contributed by atoms with Gasteiger partial charge in [-0.2, -0.15) is 0 Å². The van der Waals surface area contributed by atoms with Crippen molar-refractivity contribution in [2.24, 2.45) is 0 Å². The number of carboxylic acids is 9. The first kappa shape index (κ1) is 47.6. The number of carbonyl (C=O) groups is 9. The number of hydrogen-bond acceptors (Lipinski definition) is 17. The zero-order chi connectivity index (χ0) is 31.9. The minimum Gasteiger partial charge on any atom is -0.550 e. The van der Waals surface area contributed by atoms with Crippen molar-refractivity contribution < 1.29 is 156 Å². The number of hydrogen-bond donors (Lipinski definition) is 7. The zero-order valence-corrected chi connectivity index (χ0v) is 24.2. The fourth-order valence-corrected chi connectivity index (χ4v) is 2.09. The summed E-state index contributed by atoms with van der Waals surface area (Å²) in [5.74, 6) is -16.7. The number of carbonyl (C=O) groups excluding carboxylic acids is 5. The summed E-state index contributed by atoms with van der Waals surface area (Å²) in [5.41, 5.74) is -8.58. The molecular weight excluding hydrogens is 623 g/mol. The summed E-state index contributed by atoms with van der Waals surface area (Å²) in [6.45, 7) is 0. The first-order valence-corrected chi connectivity index (χ1v) is 9.42. The maximum absolute atomic E-state index is 10.3. The molecule has 0 fully saturated rings. The molecule has 0 radical (unpaired) electrons. The fourth-order valence-electron chi connectivity index (χ4n) is 2.09. The molecule has 222 valence electrons. The Bertz CT molecular complexity index is 819. The van der Waals surface area contributed by atoms with E-state index in [1.54, 1.807) is 0 Å². The van der Waals surface area contributed by atoms with Gasteiger partial charge in [-0.05, 0) is 0 Å². The summed E-state index contributed by atoms with van der Waals surface area (Å²) >= 11 is 0. The van der Waals surface area contributed by atoms with Crippen molar-refractivity contribution in [2.45, 2.75) is 55.3 Å². The van der Waals surface area contributed by atoms with Crippen LogP contribution in [0.2, 0.25) is 0 Å². The molecule has 0 aromatic carbocycles. The molecule has 7 N–H and O–H groups in total. The Balaban J connectivity index is -0.000000154. The Kier molecular flexibility index (Phi) is 24.0. The van der Waals surface area contributed by atoms with Crippen molar-refractivity contribution in [3.63, 3.8) is 0 Å². The molecule has 0 saturated heterocycles. The predicted molar refractivity (Wildman–Crippen MR) is 98.1 cm³/mol. The second-order valence-corrected chi connectivity index (χ2v) is 7.33. The number of rotatable bonds is 15. The van der Waals surface area contributed by atoms with E-state index >= 15 is 0 Å². The SMILES string of the molecule is O=C(O)CC(O)(CC(=O)O)C(=O)O.O=C([O-])CC(O)(CC(=O)[O-])C(=O)O.O=C([O-])CC(O)(CC(=O)[O-])C(=O)[O-].[Na+].[Ti+4]. The molecule has 0 aliphatic rings. The average Bonchev–Trinajstić information content (AvgIpc) is 2.64. The number of aliphatic carboxylic acids is 9. The van der Waals surface area contributed by atoms with E-state index in [0.717, 1.165) is 0 Å². The molecule has 0 saturated carbocycles. The molecule has 0 aromatic heterocycles. The van der Waals surface area contributed by atoms with Crippen LogP contribution in [0.1, 0.15) is 38.5 Å². The summed E-state index contributed by atoms with van der Waals surface area (Å²) in [6, 6.07) is 0. The minimum absolute atomic E-state index is 0. The van der Waals surface area contributed by atoms with E-state index in [2.05, 4.69) is 0 Å². The van der Waals surface area contributed by atoms with Crippen LogP contribution >= 0.6 is 0 Å². The van der Waals surface area contributed by atoms with E-state index < -0.39 is 109 Å². The smallest absolute Gasteiger partial charge is 0.550 e. The van der Waals surface area contributed by atoms with Crippen LogP contribution in [0.4, 0.5) is 0 Å². The predicted octanol–water partition coefficient (Wildman–Crippen LogP) is -13.4. The molecule has 0 amide bonds. The third-order valence-corrected chi connectivity index (χ3v) is 3.81. The van der Waals surface area contributed by atoms with Gasteiger partial charge in [0.2, 0.25) is 0 Å². The van der Waals surface area contributed by atoms with E-state index in [0.29, 0.717) is 0 Å². The van der Waals surface area contributed by atoms with E-state index in [4.69, 9.17) is 35.7 Å². The standard InChI is InChI=1S/3C6H8O7.Na.Ti/c3*7-3(8)1-6(13,5(11)12)2-4(9)10;;/h3*13H,1-2H2,(H,7,8)(H,9,10)(H,11,12);;/q;;;+1;+4/p-5. The van der Waals surface area contributed by atoms with Gasteiger partial charge in [0.05, 0.1) is 18.8 Å². The molecule has 41 heavy (non-hydrogen) atoms. The van der Waals surface area contributed by atoms with Crippen molar-refractivity contribution in [1.82, 2.24) is 0 Å². The topological polar surface area (TPSA) is 411 Å². The van der Waals surface area contributed by atoms with Gasteiger partial charge < -0.3 is 85.3 Å². The van der Waals surface area contributed by atoms with Crippen LogP contribution in [0.3, 0.4) is 0 Å². The molecule has 21 nitrogen and oxygen atoms in total. The molecule has 0 bridgehead atoms. The van der Waals surface area contributed by atoms with Gasteiger partial charge in [-0.3, -0.25) is 9.59 Å². The third kappa shape index (κ3) is 22.2. The van der Waals surface area contributed by atoms with Gasteiger partial charge in [-0.25, -0.2) is 9.59 Å². The molecular formula is C18H19NaO21Ti. The van der Waals surface area contributed by atoms with Crippen LogP contribution in [0.15, 0.2) is 0 Å². The van der Waals surface area contributed by atoms with Crippen LogP contribution in [0, 0.1) is 0 Å². The molecule has 0 rings (SSSR count). The van der Waals surface area contributed by atoms with Gasteiger partial charge in [-0.1, -0.05) is 0 Å². The summed E-state index contributed by atoms with van der Waals surface area (Å²) < 4.78 is 0. The number of carboxylic acid groups (broad SMARTS) is 9. The van der Waals surface area contributed by atoms with E-state index in [1.807, 2.05) is 0 Å². The van der Waals surface area contributed by atoms with Crippen LogP contribution < -0.4 is 55.1 Å². The Labute approximate surface area is 263 Å². The summed E-state index contributed by atoms with van der Waals surface area (Å²) in [6.07, 6.45) is -7.59. The quantitative estimate of drug-likeness (QED) is 0.0815. The van der Waals surface area contributed by atoms with Crippen LogP contribution in [0.25, 0.3) is 0 Å². The minimum atomic E-state index is -2.97. The van der Waals surface area contributed by atoms with Gasteiger partial charge in [0, 0.05) is 49.6 Å². The molecule has 0 atom stereocenters. The van der Waals surface area contributed by atoms with Crippen molar-refractivity contribution in [1.29, 1.82) is 0 Å². The molecule has 0 unspecified atom stereocenters. The second kappa shape index (κ2) is 20.7. The first-order valence-electron chi connectivity index (χ1n) is 9.42. The molecule has 0 aliphatic carbocycles. The Morgan fingerprint density at radius 1 is 0.439 bits per heavy atom. The first-order chi connectivity index (χ1) is 17.3. The van der Waals surface area contributed by atoms with Crippen LogP contribution in [0.5, 0.6) is 0 Å². The summed E-state index contributed by atoms with van der Waals surface area (Å²) in [7, 11) is 0. The van der Waals surface area contributed by atoms with Crippen molar-refractivity contribution in [2.75, 3.05) is 0 Å². The van der Waals surface area contributed by atoms with Crippen molar-refractivity contribution >= 4 is 53.7 Å². The summed E-state index contributed by atoms with van der Waals surface area (Å²) in [5, 5.41) is 110. The maximum Gasteiger partial charge on any atom is 4.00 e. The third-order valence-electron chi connectivity index (χ3n) is 3.81. The summed E-state index contributed by atoms with van der Waals surface area (Å²) in [4.78, 5) is 90.7. The zero-order valence-electron chi connectivity index (χ0n) is 20.6. The van der Waals surface area contributed by atoms with Gasteiger partial charge in [0.1, 0.15) is 5.60 Å². The van der Waals surface area contributed by atoms with E-state index in [-0.39, 0.29) is 51.3 Å². The van der Waals surface area contributed by atoms with E-state index in [1.165, 1.54) is 0 Å². The Morgan fingerprint density at radius 3 is 0.780 bits per heavy atom. The van der Waals surface area contributed by atoms with Gasteiger partial charge in [0.25, 0.3) is 0 Å². The largest absolute Gasteiger partial charge is 4.00 e. The van der Waals surface area contributed by atoms with Crippen LogP contribution in [-0.4, -0.2) is 106 Å². The molecule has 0 spiro atoms. The Morgan fingerprint density at radius 2 is 0.634 bits per heavy atom. The molecule has 23 heteroatoms. The maximum atomic E-state index is 10.3. The molecule has 0 heterocycles. The van der Waals surface area contributed by atoms with Gasteiger partial charge >= 0.3 is 75.2 Å². The number of aliphatic hydroxyl groups is 3. The Hall–Kier alpha value is -3.18. The van der Waals surface area contributed by atoms with Crippen LogP contribution in [-0.2, 0) is 64.9 Å².